The number of hydrogen-bond donors (Lipinski definition) is 0. The maximum Gasteiger partial charge on any atom is 0.282 e. The largest absolute Gasteiger partial charge is 0.282 e. The van der Waals surface area contributed by atoms with Crippen LogP contribution in [-0.4, -0.2) is 37.2 Å². The van der Waals surface area contributed by atoms with Crippen LogP contribution in [0.5, 0.6) is 0 Å². The van der Waals surface area contributed by atoms with E-state index in [1.807, 2.05) is 6.92 Å². The summed E-state index contributed by atoms with van der Waals surface area (Å²) in [6, 6.07) is 11.9. The fourth-order valence-electron chi connectivity index (χ4n) is 2.65. The third-order valence-corrected chi connectivity index (χ3v) is 5.53. The van der Waals surface area contributed by atoms with E-state index < -0.39 is 16.2 Å². The first-order valence-electron chi connectivity index (χ1n) is 7.92. The minimum atomic E-state index is -3.76. The SMILES string of the molecule is Cc1ccc(S(=O)(=O)n2ccc(C(n3cccn3)n3cccn3)n2)cc1. The molecule has 0 saturated heterocycles. The van der Waals surface area contributed by atoms with Crippen LogP contribution in [0.1, 0.15) is 17.4 Å². The maximum atomic E-state index is 12.8. The van der Waals surface area contributed by atoms with E-state index in [2.05, 4.69) is 15.3 Å². The second-order valence-corrected chi connectivity index (χ2v) is 7.57. The Bertz CT molecular complexity index is 1060. The molecular formula is C17H16N6O2S. The summed E-state index contributed by atoms with van der Waals surface area (Å²) >= 11 is 0. The van der Waals surface area contributed by atoms with E-state index in [0.29, 0.717) is 5.69 Å². The van der Waals surface area contributed by atoms with Gasteiger partial charge in [-0.15, -0.1) is 0 Å². The van der Waals surface area contributed by atoms with E-state index in [4.69, 9.17) is 0 Å². The quantitative estimate of drug-likeness (QED) is 0.537. The zero-order valence-corrected chi connectivity index (χ0v) is 14.7. The average molecular weight is 368 g/mol. The minimum absolute atomic E-state index is 0.187. The zero-order valence-electron chi connectivity index (χ0n) is 13.9. The smallest absolute Gasteiger partial charge is 0.242 e. The molecule has 1 aromatic carbocycles. The van der Waals surface area contributed by atoms with Gasteiger partial charge >= 0.3 is 0 Å². The lowest BCUT2D eigenvalue weighted by Crippen LogP contribution is -2.22. The summed E-state index contributed by atoms with van der Waals surface area (Å²) in [6.07, 6.45) is 7.81. The lowest BCUT2D eigenvalue weighted by Gasteiger charge is -2.16. The normalized spacial score (nSPS) is 11.9. The van der Waals surface area contributed by atoms with Crippen molar-refractivity contribution in [3.8, 4) is 0 Å². The molecular weight excluding hydrogens is 352 g/mol. The molecule has 0 aliphatic heterocycles. The Labute approximate surface area is 150 Å². The fourth-order valence-corrected chi connectivity index (χ4v) is 3.77. The maximum absolute atomic E-state index is 12.8. The van der Waals surface area contributed by atoms with Gasteiger partial charge in [0.2, 0.25) is 0 Å². The molecule has 9 heteroatoms. The second-order valence-electron chi connectivity index (χ2n) is 5.78. The summed E-state index contributed by atoms with van der Waals surface area (Å²) in [4.78, 5) is 0.187. The molecule has 0 atom stereocenters. The van der Waals surface area contributed by atoms with E-state index in [-0.39, 0.29) is 4.90 Å². The number of hydrogen-bond acceptors (Lipinski definition) is 5. The average Bonchev–Trinajstić information content (AvgIpc) is 3.40. The first-order valence-corrected chi connectivity index (χ1v) is 9.36. The Hall–Kier alpha value is -3.20. The monoisotopic (exact) mass is 368 g/mol. The van der Waals surface area contributed by atoms with Crippen molar-refractivity contribution in [2.75, 3.05) is 0 Å². The van der Waals surface area contributed by atoms with E-state index in [9.17, 15) is 8.42 Å². The van der Waals surface area contributed by atoms with Crippen LogP contribution in [0.3, 0.4) is 0 Å². The van der Waals surface area contributed by atoms with Crippen LogP contribution in [0.15, 0.2) is 78.3 Å². The molecule has 4 aromatic rings. The highest BCUT2D eigenvalue weighted by atomic mass is 32.2. The number of aryl methyl sites for hydroxylation is 1. The van der Waals surface area contributed by atoms with Crippen molar-refractivity contribution in [2.24, 2.45) is 0 Å². The summed E-state index contributed by atoms with van der Waals surface area (Å²) in [5.74, 6) is 0. The van der Waals surface area contributed by atoms with Crippen LogP contribution in [0, 0.1) is 6.92 Å². The van der Waals surface area contributed by atoms with E-state index in [1.54, 1.807) is 76.6 Å². The molecule has 132 valence electrons. The first kappa shape index (κ1) is 16.3. The van der Waals surface area contributed by atoms with Gasteiger partial charge < -0.3 is 0 Å². The summed E-state index contributed by atoms with van der Waals surface area (Å²) in [5.41, 5.74) is 1.50. The van der Waals surface area contributed by atoms with Gasteiger partial charge in [-0.25, -0.2) is 9.36 Å². The van der Waals surface area contributed by atoms with E-state index in [1.165, 1.54) is 6.20 Å². The summed E-state index contributed by atoms with van der Waals surface area (Å²) in [5, 5.41) is 12.8. The Morgan fingerprint density at radius 1 is 0.885 bits per heavy atom. The van der Waals surface area contributed by atoms with E-state index in [0.717, 1.165) is 9.65 Å². The van der Waals surface area contributed by atoms with Crippen LogP contribution in [0.4, 0.5) is 0 Å². The Balaban J connectivity index is 1.76. The van der Waals surface area contributed by atoms with Gasteiger partial charge in [-0.2, -0.15) is 27.8 Å². The van der Waals surface area contributed by atoms with Crippen molar-refractivity contribution in [1.29, 1.82) is 0 Å². The van der Waals surface area contributed by atoms with Gasteiger partial charge in [-0.05, 0) is 37.3 Å². The zero-order chi connectivity index (χ0) is 18.1. The molecule has 0 spiro atoms. The Kier molecular flexibility index (Phi) is 3.92. The number of nitrogens with zero attached hydrogens (tertiary/aromatic N) is 6. The molecule has 0 radical (unpaired) electrons. The van der Waals surface area contributed by atoms with Gasteiger partial charge in [0.05, 0.1) is 4.90 Å². The third-order valence-electron chi connectivity index (χ3n) is 3.97. The molecule has 4 rings (SSSR count). The highest BCUT2D eigenvalue weighted by molar-refractivity contribution is 7.89. The van der Waals surface area contributed by atoms with Crippen LogP contribution in [0.2, 0.25) is 0 Å². The molecule has 3 aromatic heterocycles. The van der Waals surface area contributed by atoms with E-state index >= 15 is 0 Å². The lowest BCUT2D eigenvalue weighted by molar-refractivity contribution is 0.408. The lowest BCUT2D eigenvalue weighted by atomic mass is 10.2. The predicted octanol–water partition coefficient (Wildman–Crippen LogP) is 1.92. The van der Waals surface area contributed by atoms with Crippen LogP contribution >= 0.6 is 0 Å². The molecule has 0 bridgehead atoms. The van der Waals surface area contributed by atoms with Gasteiger partial charge in [0.15, 0.2) is 6.17 Å². The summed E-state index contributed by atoms with van der Waals surface area (Å²) in [6.45, 7) is 1.90. The number of aromatic nitrogens is 6. The number of rotatable bonds is 5. The third kappa shape index (κ3) is 2.82. The molecule has 0 N–H and O–H groups in total. The summed E-state index contributed by atoms with van der Waals surface area (Å²) < 4.78 is 29.9. The van der Waals surface area contributed by atoms with Crippen molar-refractivity contribution >= 4 is 10.0 Å². The summed E-state index contributed by atoms with van der Waals surface area (Å²) in [7, 11) is -3.76. The molecule has 0 amide bonds. The second kappa shape index (κ2) is 6.26. The topological polar surface area (TPSA) is 87.6 Å². The van der Waals surface area contributed by atoms with Crippen LogP contribution in [-0.2, 0) is 10.0 Å². The highest BCUT2D eigenvalue weighted by Crippen LogP contribution is 2.20. The molecule has 0 aliphatic rings. The molecule has 0 saturated carbocycles. The van der Waals surface area contributed by atoms with Gasteiger partial charge in [0.25, 0.3) is 10.0 Å². The minimum Gasteiger partial charge on any atom is -0.242 e. The van der Waals surface area contributed by atoms with Gasteiger partial charge in [0, 0.05) is 31.0 Å². The number of benzene rings is 1. The molecule has 8 nitrogen and oxygen atoms in total. The Morgan fingerprint density at radius 2 is 1.50 bits per heavy atom. The van der Waals surface area contributed by atoms with Crippen LogP contribution < -0.4 is 0 Å². The molecule has 0 unspecified atom stereocenters. The molecule has 0 fully saturated rings. The standard InChI is InChI=1S/C17H16N6O2S/c1-14-4-6-15(7-5-14)26(24,25)23-13-8-16(20-23)17(21-11-2-9-18-21)22-12-3-10-19-22/h2-13,17H,1H3. The van der Waals surface area contributed by atoms with Crippen molar-refractivity contribution in [2.45, 2.75) is 18.0 Å². The van der Waals surface area contributed by atoms with Gasteiger partial charge in [-0.3, -0.25) is 0 Å². The first-order chi connectivity index (χ1) is 12.6. The van der Waals surface area contributed by atoms with Crippen molar-refractivity contribution < 1.29 is 8.42 Å². The fraction of sp³-hybridized carbons (Fsp3) is 0.118. The van der Waals surface area contributed by atoms with Crippen molar-refractivity contribution in [3.05, 3.63) is 84.7 Å². The van der Waals surface area contributed by atoms with Gasteiger partial charge in [-0.1, -0.05) is 17.7 Å². The Morgan fingerprint density at radius 3 is 2.04 bits per heavy atom. The van der Waals surface area contributed by atoms with Crippen molar-refractivity contribution in [3.63, 3.8) is 0 Å². The highest BCUT2D eigenvalue weighted by Gasteiger charge is 2.23. The van der Waals surface area contributed by atoms with Crippen LogP contribution in [0.25, 0.3) is 0 Å². The predicted molar refractivity (Wildman–Crippen MR) is 94.0 cm³/mol. The molecule has 3 heterocycles. The van der Waals surface area contributed by atoms with Gasteiger partial charge in [0.1, 0.15) is 5.69 Å². The molecule has 0 aliphatic carbocycles. The van der Waals surface area contributed by atoms with Crippen molar-refractivity contribution in [1.82, 2.24) is 28.7 Å². The molecule has 26 heavy (non-hydrogen) atoms.